The molecule has 2 aromatic carbocycles. The van der Waals surface area contributed by atoms with Crippen molar-refractivity contribution in [3.63, 3.8) is 0 Å². The number of sulfonamides is 1. The Morgan fingerprint density at radius 3 is 2.07 bits per heavy atom. The van der Waals surface area contributed by atoms with E-state index < -0.39 is 10.0 Å². The highest BCUT2D eigenvalue weighted by atomic mass is 35.5. The Kier molecular flexibility index (Phi) is 8.58. The summed E-state index contributed by atoms with van der Waals surface area (Å²) >= 11 is 5.81. The molecule has 162 valence electrons. The number of amides is 1. The third kappa shape index (κ3) is 6.14. The van der Waals surface area contributed by atoms with E-state index in [1.807, 2.05) is 6.92 Å². The van der Waals surface area contributed by atoms with Crippen LogP contribution in [0.3, 0.4) is 0 Å². The molecule has 0 aromatic heterocycles. The van der Waals surface area contributed by atoms with Crippen LogP contribution in [-0.2, 0) is 14.8 Å². The highest BCUT2D eigenvalue weighted by Gasteiger charge is 2.21. The van der Waals surface area contributed by atoms with Crippen LogP contribution in [0.4, 0.5) is 0 Å². The van der Waals surface area contributed by atoms with Gasteiger partial charge >= 0.3 is 0 Å². The van der Waals surface area contributed by atoms with Crippen LogP contribution < -0.4 is 5.32 Å². The predicted octanol–water partition coefficient (Wildman–Crippen LogP) is 4.21. The minimum Gasteiger partial charge on any atom is -0.350 e. The topological polar surface area (TPSA) is 83.6 Å². The molecule has 0 spiro atoms. The van der Waals surface area contributed by atoms with E-state index in [1.54, 1.807) is 62.4 Å². The molecule has 0 aliphatic carbocycles. The highest BCUT2D eigenvalue weighted by molar-refractivity contribution is 7.89. The molecule has 1 N–H and O–H groups in total. The van der Waals surface area contributed by atoms with E-state index in [0.29, 0.717) is 23.7 Å². The van der Waals surface area contributed by atoms with Crippen LogP contribution in [0, 0.1) is 0 Å². The zero-order valence-corrected chi connectivity index (χ0v) is 19.0. The summed E-state index contributed by atoms with van der Waals surface area (Å²) in [5, 5.41) is 3.39. The molecular formula is C22H27ClN2O4S. The van der Waals surface area contributed by atoms with Gasteiger partial charge in [-0.25, -0.2) is 8.42 Å². The fourth-order valence-electron chi connectivity index (χ4n) is 3.05. The van der Waals surface area contributed by atoms with Crippen molar-refractivity contribution in [2.45, 2.75) is 44.6 Å². The van der Waals surface area contributed by atoms with Crippen LogP contribution in [0.5, 0.6) is 0 Å². The van der Waals surface area contributed by atoms with Crippen LogP contribution in [-0.4, -0.2) is 37.5 Å². The second-order valence-electron chi connectivity index (χ2n) is 6.88. The molecule has 0 aliphatic heterocycles. The van der Waals surface area contributed by atoms with Gasteiger partial charge < -0.3 is 5.32 Å². The largest absolute Gasteiger partial charge is 0.350 e. The van der Waals surface area contributed by atoms with Gasteiger partial charge in [0.1, 0.15) is 0 Å². The molecule has 0 radical (unpaired) electrons. The van der Waals surface area contributed by atoms with Crippen molar-refractivity contribution in [3.8, 4) is 0 Å². The summed E-state index contributed by atoms with van der Waals surface area (Å²) < 4.78 is 26.5. The summed E-state index contributed by atoms with van der Waals surface area (Å²) in [6, 6.07) is 12.7. The standard InChI is InChI=1S/C22H27ClN2O4S/c1-4-25(5-2)30(28,29)20-12-8-17(9-13-20)16(3)24-22(27)15-14-21(26)18-6-10-19(23)11-7-18/h6-13,16H,4-5,14-15H2,1-3H3,(H,24,27). The molecule has 2 aromatic rings. The van der Waals surface area contributed by atoms with Crippen LogP contribution in [0.25, 0.3) is 0 Å². The minimum absolute atomic E-state index is 0.0697. The van der Waals surface area contributed by atoms with Gasteiger partial charge in [-0.3, -0.25) is 9.59 Å². The third-order valence-corrected chi connectivity index (χ3v) is 7.16. The second kappa shape index (κ2) is 10.7. The maximum Gasteiger partial charge on any atom is 0.243 e. The summed E-state index contributed by atoms with van der Waals surface area (Å²) in [4.78, 5) is 24.6. The van der Waals surface area contributed by atoms with Crippen LogP contribution in [0.2, 0.25) is 5.02 Å². The number of Topliss-reactive ketones (excluding diaryl/α,β-unsaturated/α-hetero) is 1. The first-order valence-corrected chi connectivity index (χ1v) is 11.7. The lowest BCUT2D eigenvalue weighted by molar-refractivity contribution is -0.121. The summed E-state index contributed by atoms with van der Waals surface area (Å²) in [5.74, 6) is -0.370. The van der Waals surface area contributed by atoms with Gasteiger partial charge in [-0.05, 0) is 48.9 Å². The van der Waals surface area contributed by atoms with E-state index in [2.05, 4.69) is 5.32 Å². The van der Waals surface area contributed by atoms with Crippen LogP contribution in [0.15, 0.2) is 53.4 Å². The van der Waals surface area contributed by atoms with E-state index in [-0.39, 0.29) is 35.5 Å². The van der Waals surface area contributed by atoms with Gasteiger partial charge in [-0.15, -0.1) is 0 Å². The zero-order chi connectivity index (χ0) is 22.3. The van der Waals surface area contributed by atoms with Crippen molar-refractivity contribution in [1.82, 2.24) is 9.62 Å². The normalized spacial score (nSPS) is 12.6. The first-order valence-electron chi connectivity index (χ1n) is 9.87. The predicted molar refractivity (Wildman–Crippen MR) is 118 cm³/mol. The van der Waals surface area contributed by atoms with Gasteiger partial charge in [-0.2, -0.15) is 4.31 Å². The molecule has 1 unspecified atom stereocenters. The Morgan fingerprint density at radius 2 is 1.53 bits per heavy atom. The van der Waals surface area contributed by atoms with Gasteiger partial charge in [0, 0.05) is 36.5 Å². The number of ketones is 1. The Balaban J connectivity index is 1.93. The van der Waals surface area contributed by atoms with E-state index in [1.165, 1.54) is 4.31 Å². The van der Waals surface area contributed by atoms with Crippen molar-refractivity contribution in [2.24, 2.45) is 0 Å². The average molecular weight is 451 g/mol. The number of benzene rings is 2. The highest BCUT2D eigenvalue weighted by Crippen LogP contribution is 2.20. The molecule has 8 heteroatoms. The molecule has 2 rings (SSSR count). The summed E-state index contributed by atoms with van der Waals surface area (Å²) in [6.07, 6.45) is 0.168. The molecule has 1 atom stereocenters. The lowest BCUT2D eigenvalue weighted by Crippen LogP contribution is -2.30. The van der Waals surface area contributed by atoms with Gasteiger partial charge in [-0.1, -0.05) is 37.6 Å². The third-order valence-electron chi connectivity index (χ3n) is 4.85. The first kappa shape index (κ1) is 24.1. The molecule has 0 heterocycles. The van der Waals surface area contributed by atoms with Gasteiger partial charge in [0.25, 0.3) is 0 Å². The Bertz CT molecular complexity index is 969. The SMILES string of the molecule is CCN(CC)S(=O)(=O)c1ccc(C(C)NC(=O)CCC(=O)c2ccc(Cl)cc2)cc1. The zero-order valence-electron chi connectivity index (χ0n) is 17.4. The van der Waals surface area contributed by atoms with E-state index in [0.717, 1.165) is 5.56 Å². The quantitative estimate of drug-likeness (QED) is 0.549. The van der Waals surface area contributed by atoms with E-state index in [9.17, 15) is 18.0 Å². The van der Waals surface area contributed by atoms with Crippen molar-refractivity contribution < 1.29 is 18.0 Å². The average Bonchev–Trinajstić information content (AvgIpc) is 2.73. The molecule has 0 bridgehead atoms. The van der Waals surface area contributed by atoms with Crippen molar-refractivity contribution in [2.75, 3.05) is 13.1 Å². The molecule has 0 saturated heterocycles. The van der Waals surface area contributed by atoms with Crippen LogP contribution in [0.1, 0.15) is 55.6 Å². The second-order valence-corrected chi connectivity index (χ2v) is 9.25. The molecule has 0 fully saturated rings. The molecular weight excluding hydrogens is 424 g/mol. The fraction of sp³-hybridized carbons (Fsp3) is 0.364. The monoisotopic (exact) mass is 450 g/mol. The first-order chi connectivity index (χ1) is 14.2. The molecule has 30 heavy (non-hydrogen) atoms. The Labute approximate surface area is 183 Å². The number of nitrogens with zero attached hydrogens (tertiary/aromatic N) is 1. The maximum atomic E-state index is 12.6. The Morgan fingerprint density at radius 1 is 0.967 bits per heavy atom. The lowest BCUT2D eigenvalue weighted by Gasteiger charge is -2.19. The fourth-order valence-corrected chi connectivity index (χ4v) is 4.63. The minimum atomic E-state index is -3.51. The lowest BCUT2D eigenvalue weighted by atomic mass is 10.1. The van der Waals surface area contributed by atoms with Gasteiger partial charge in [0.15, 0.2) is 5.78 Å². The Hall–Kier alpha value is -2.22. The van der Waals surface area contributed by atoms with Gasteiger partial charge in [0.05, 0.1) is 10.9 Å². The summed E-state index contributed by atoms with van der Waals surface area (Å²) in [5.41, 5.74) is 1.30. The number of carbonyl (C=O) groups excluding carboxylic acids is 2. The van der Waals surface area contributed by atoms with Gasteiger partial charge in [0.2, 0.25) is 15.9 Å². The van der Waals surface area contributed by atoms with Crippen LogP contribution >= 0.6 is 11.6 Å². The maximum absolute atomic E-state index is 12.6. The molecule has 0 aliphatic rings. The van der Waals surface area contributed by atoms with E-state index in [4.69, 9.17) is 11.6 Å². The number of halogens is 1. The number of rotatable bonds is 10. The van der Waals surface area contributed by atoms with Crippen molar-refractivity contribution in [1.29, 1.82) is 0 Å². The molecule has 6 nitrogen and oxygen atoms in total. The summed E-state index contributed by atoms with van der Waals surface area (Å²) in [7, 11) is -3.51. The molecule has 1 amide bonds. The van der Waals surface area contributed by atoms with E-state index >= 15 is 0 Å². The number of nitrogens with one attached hydrogen (secondary N) is 1. The number of carbonyl (C=O) groups is 2. The number of hydrogen-bond acceptors (Lipinski definition) is 4. The van der Waals surface area contributed by atoms with Crippen molar-refractivity contribution in [3.05, 3.63) is 64.7 Å². The number of hydrogen-bond donors (Lipinski definition) is 1. The summed E-state index contributed by atoms with van der Waals surface area (Å²) in [6.45, 7) is 6.21. The smallest absolute Gasteiger partial charge is 0.243 e. The van der Waals surface area contributed by atoms with Crippen molar-refractivity contribution >= 4 is 33.3 Å². The molecule has 0 saturated carbocycles.